The molecule has 5 heteroatoms. The van der Waals surface area contributed by atoms with Crippen molar-refractivity contribution in [2.45, 2.75) is 0 Å². The highest BCUT2D eigenvalue weighted by atomic mass is 16.5. The standard InChI is InChI=1S/C21H23N3O2/c1-26-20-12-6-5-11-19(20)23-14-16-24(17-15-23)21(25)22-13-7-10-18-8-3-2-4-9-18/h2-6,8-9,11-12H,13-17H2,1H3,(H,22,25). The molecule has 0 unspecified atom stereocenters. The lowest BCUT2D eigenvalue weighted by molar-refractivity contribution is 0.195. The van der Waals surface area contributed by atoms with Gasteiger partial charge < -0.3 is 19.9 Å². The van der Waals surface area contributed by atoms with Crippen molar-refractivity contribution >= 4 is 11.7 Å². The van der Waals surface area contributed by atoms with Crippen LogP contribution in [0.3, 0.4) is 0 Å². The molecule has 0 atom stereocenters. The number of ether oxygens (including phenoxy) is 1. The fourth-order valence-corrected chi connectivity index (χ4v) is 2.94. The molecule has 0 saturated carbocycles. The summed E-state index contributed by atoms with van der Waals surface area (Å²) < 4.78 is 5.43. The second-order valence-corrected chi connectivity index (χ2v) is 5.97. The molecule has 1 saturated heterocycles. The number of hydrogen-bond donors (Lipinski definition) is 1. The number of nitrogens with zero attached hydrogens (tertiary/aromatic N) is 2. The molecule has 1 aliphatic rings. The van der Waals surface area contributed by atoms with Gasteiger partial charge in [0.25, 0.3) is 0 Å². The normalized spacial score (nSPS) is 13.6. The summed E-state index contributed by atoms with van der Waals surface area (Å²) >= 11 is 0. The predicted octanol–water partition coefficient (Wildman–Crippen LogP) is 2.58. The Bertz CT molecular complexity index is 788. The molecule has 1 heterocycles. The third-order valence-electron chi connectivity index (χ3n) is 4.33. The Hall–Kier alpha value is -3.13. The molecule has 0 bridgehead atoms. The molecular weight excluding hydrogens is 326 g/mol. The topological polar surface area (TPSA) is 44.8 Å². The number of carbonyl (C=O) groups is 1. The average Bonchev–Trinajstić information content (AvgIpc) is 2.72. The van der Waals surface area contributed by atoms with Crippen molar-refractivity contribution in [3.63, 3.8) is 0 Å². The summed E-state index contributed by atoms with van der Waals surface area (Å²) in [6.45, 7) is 3.26. The van der Waals surface area contributed by atoms with Crippen LogP contribution in [0.4, 0.5) is 10.5 Å². The summed E-state index contributed by atoms with van der Waals surface area (Å²) in [5.41, 5.74) is 2.02. The van der Waals surface area contributed by atoms with Gasteiger partial charge in [0.1, 0.15) is 5.75 Å². The second-order valence-electron chi connectivity index (χ2n) is 5.97. The number of benzene rings is 2. The van der Waals surface area contributed by atoms with Crippen LogP contribution in [0.1, 0.15) is 5.56 Å². The van der Waals surface area contributed by atoms with Crippen LogP contribution in [0.15, 0.2) is 54.6 Å². The lowest BCUT2D eigenvalue weighted by atomic mass is 10.2. The summed E-state index contributed by atoms with van der Waals surface area (Å²) in [5, 5.41) is 2.87. The van der Waals surface area contributed by atoms with E-state index >= 15 is 0 Å². The van der Waals surface area contributed by atoms with Gasteiger partial charge in [-0.25, -0.2) is 4.79 Å². The Morgan fingerprint density at radius 3 is 2.46 bits per heavy atom. The Kier molecular flexibility index (Phi) is 6.00. The first-order valence-corrected chi connectivity index (χ1v) is 8.72. The minimum atomic E-state index is -0.0629. The van der Waals surface area contributed by atoms with Crippen molar-refractivity contribution in [2.75, 3.05) is 44.7 Å². The number of anilines is 1. The van der Waals surface area contributed by atoms with Crippen molar-refractivity contribution in [1.82, 2.24) is 10.2 Å². The second kappa shape index (κ2) is 8.82. The number of hydrogen-bond acceptors (Lipinski definition) is 3. The molecule has 2 aromatic rings. The third kappa shape index (κ3) is 4.48. The van der Waals surface area contributed by atoms with Crippen LogP contribution < -0.4 is 15.0 Å². The van der Waals surface area contributed by atoms with Crippen LogP contribution in [-0.4, -0.2) is 50.8 Å². The van der Waals surface area contributed by atoms with Crippen LogP contribution in [0.25, 0.3) is 0 Å². The van der Waals surface area contributed by atoms with E-state index in [2.05, 4.69) is 22.1 Å². The van der Waals surface area contributed by atoms with Crippen molar-refractivity contribution in [2.24, 2.45) is 0 Å². The maximum Gasteiger partial charge on any atom is 0.318 e. The van der Waals surface area contributed by atoms with Gasteiger partial charge in [-0.05, 0) is 24.3 Å². The first-order chi connectivity index (χ1) is 12.8. The maximum atomic E-state index is 12.3. The Balaban J connectivity index is 1.47. The molecule has 1 fully saturated rings. The van der Waals surface area contributed by atoms with Crippen LogP contribution >= 0.6 is 0 Å². The maximum absolute atomic E-state index is 12.3. The largest absolute Gasteiger partial charge is 0.495 e. The highest BCUT2D eigenvalue weighted by molar-refractivity contribution is 5.75. The van der Waals surface area contributed by atoms with Gasteiger partial charge in [-0.15, -0.1) is 0 Å². The van der Waals surface area contributed by atoms with Crippen molar-refractivity contribution in [3.05, 3.63) is 60.2 Å². The average molecular weight is 349 g/mol. The van der Waals surface area contributed by atoms with E-state index in [0.717, 1.165) is 30.1 Å². The quantitative estimate of drug-likeness (QED) is 0.867. The van der Waals surface area contributed by atoms with Gasteiger partial charge in [0.15, 0.2) is 0 Å². The Morgan fingerprint density at radius 1 is 1.04 bits per heavy atom. The van der Waals surface area contributed by atoms with E-state index in [1.54, 1.807) is 7.11 Å². The van der Waals surface area contributed by atoms with E-state index in [-0.39, 0.29) is 6.03 Å². The van der Waals surface area contributed by atoms with Crippen molar-refractivity contribution in [1.29, 1.82) is 0 Å². The SMILES string of the molecule is COc1ccccc1N1CCN(C(=O)NCC#Cc2ccccc2)CC1. The molecule has 0 radical (unpaired) electrons. The van der Waals surface area contributed by atoms with E-state index in [9.17, 15) is 4.79 Å². The van der Waals surface area contributed by atoms with Crippen LogP contribution in [0.5, 0.6) is 5.75 Å². The van der Waals surface area contributed by atoms with Gasteiger partial charge in [-0.2, -0.15) is 0 Å². The van der Waals surface area contributed by atoms with Crippen LogP contribution in [0, 0.1) is 11.8 Å². The molecule has 0 spiro atoms. The number of amides is 2. The number of para-hydroxylation sites is 2. The van der Waals surface area contributed by atoms with Crippen LogP contribution in [0.2, 0.25) is 0 Å². The Morgan fingerprint density at radius 2 is 1.73 bits per heavy atom. The molecule has 0 aromatic heterocycles. The molecule has 26 heavy (non-hydrogen) atoms. The van der Waals surface area contributed by atoms with Gasteiger partial charge in [0, 0.05) is 31.7 Å². The number of rotatable bonds is 3. The minimum absolute atomic E-state index is 0.0629. The highest BCUT2D eigenvalue weighted by Gasteiger charge is 2.22. The zero-order valence-electron chi connectivity index (χ0n) is 14.9. The molecule has 2 amide bonds. The number of nitrogens with one attached hydrogen (secondary N) is 1. The summed E-state index contributed by atoms with van der Waals surface area (Å²) in [6.07, 6.45) is 0. The van der Waals surface area contributed by atoms with E-state index in [1.807, 2.05) is 59.5 Å². The van der Waals surface area contributed by atoms with E-state index in [1.165, 1.54) is 0 Å². The monoisotopic (exact) mass is 349 g/mol. The first-order valence-electron chi connectivity index (χ1n) is 8.72. The van der Waals surface area contributed by atoms with Gasteiger partial charge in [-0.3, -0.25) is 0 Å². The summed E-state index contributed by atoms with van der Waals surface area (Å²) in [7, 11) is 1.68. The fraction of sp³-hybridized carbons (Fsp3) is 0.286. The zero-order valence-corrected chi connectivity index (χ0v) is 14.9. The van der Waals surface area contributed by atoms with E-state index in [4.69, 9.17) is 4.74 Å². The lowest BCUT2D eigenvalue weighted by Gasteiger charge is -2.36. The molecule has 3 rings (SSSR count). The lowest BCUT2D eigenvalue weighted by Crippen LogP contribution is -2.52. The third-order valence-corrected chi connectivity index (χ3v) is 4.33. The van der Waals surface area contributed by atoms with Crippen LogP contribution in [-0.2, 0) is 0 Å². The van der Waals surface area contributed by atoms with E-state index in [0.29, 0.717) is 19.6 Å². The number of methoxy groups -OCH3 is 1. The Labute approximate surface area is 154 Å². The van der Waals surface area contributed by atoms with Crippen molar-refractivity contribution < 1.29 is 9.53 Å². The smallest absolute Gasteiger partial charge is 0.318 e. The number of carbonyl (C=O) groups excluding carboxylic acids is 1. The molecule has 134 valence electrons. The molecule has 1 N–H and O–H groups in total. The molecular formula is C21H23N3O2. The summed E-state index contributed by atoms with van der Waals surface area (Å²) in [4.78, 5) is 16.4. The van der Waals surface area contributed by atoms with Gasteiger partial charge in [-0.1, -0.05) is 42.2 Å². The zero-order chi connectivity index (χ0) is 18.2. The summed E-state index contributed by atoms with van der Waals surface area (Å²) in [5.74, 6) is 6.89. The van der Waals surface area contributed by atoms with Crippen molar-refractivity contribution in [3.8, 4) is 17.6 Å². The minimum Gasteiger partial charge on any atom is -0.495 e. The van der Waals surface area contributed by atoms with E-state index < -0.39 is 0 Å². The van der Waals surface area contributed by atoms with Gasteiger partial charge >= 0.3 is 6.03 Å². The molecule has 1 aliphatic heterocycles. The molecule has 2 aromatic carbocycles. The predicted molar refractivity (Wildman–Crippen MR) is 103 cm³/mol. The van der Waals surface area contributed by atoms with Gasteiger partial charge in [0.05, 0.1) is 19.3 Å². The fourth-order valence-electron chi connectivity index (χ4n) is 2.94. The summed E-state index contributed by atoms with van der Waals surface area (Å²) in [6, 6.07) is 17.7. The first kappa shape index (κ1) is 17.7. The number of piperazine rings is 1. The molecule has 0 aliphatic carbocycles. The molecule has 5 nitrogen and oxygen atoms in total. The van der Waals surface area contributed by atoms with Gasteiger partial charge in [0.2, 0.25) is 0 Å². The highest BCUT2D eigenvalue weighted by Crippen LogP contribution is 2.28. The number of urea groups is 1.